The van der Waals surface area contributed by atoms with Crippen LogP contribution in [0.25, 0.3) is 0 Å². The van der Waals surface area contributed by atoms with E-state index in [4.69, 9.17) is 4.74 Å². The first-order valence-electron chi connectivity index (χ1n) is 6.08. The highest BCUT2D eigenvalue weighted by Crippen LogP contribution is 2.30. The first-order chi connectivity index (χ1) is 9.56. The lowest BCUT2D eigenvalue weighted by atomic mass is 10.0. The molecule has 0 bridgehead atoms. The van der Waals surface area contributed by atoms with Crippen molar-refractivity contribution in [3.63, 3.8) is 0 Å². The topological polar surface area (TPSA) is 64.6 Å². The van der Waals surface area contributed by atoms with E-state index in [0.717, 1.165) is 0 Å². The van der Waals surface area contributed by atoms with Gasteiger partial charge in [0, 0.05) is 27.9 Å². The molecule has 1 aliphatic rings. The van der Waals surface area contributed by atoms with Gasteiger partial charge < -0.3 is 9.47 Å². The van der Waals surface area contributed by atoms with E-state index in [-0.39, 0.29) is 17.1 Å². The highest BCUT2D eigenvalue weighted by molar-refractivity contribution is 7.85. The van der Waals surface area contributed by atoms with E-state index in [2.05, 4.69) is 10.1 Å². The van der Waals surface area contributed by atoms with Crippen molar-refractivity contribution < 1.29 is 22.9 Å². The van der Waals surface area contributed by atoms with Gasteiger partial charge in [0.1, 0.15) is 17.6 Å². The van der Waals surface area contributed by atoms with Crippen molar-refractivity contribution in [1.82, 2.24) is 5.32 Å². The molecule has 3 unspecified atom stereocenters. The zero-order chi connectivity index (χ0) is 14.7. The second-order valence-corrected chi connectivity index (χ2v) is 5.97. The molecule has 0 saturated carbocycles. The highest BCUT2D eigenvalue weighted by Gasteiger charge is 2.34. The first kappa shape index (κ1) is 14.9. The van der Waals surface area contributed by atoms with Crippen LogP contribution in [0.15, 0.2) is 18.2 Å². The quantitative estimate of drug-likeness (QED) is 0.836. The molecular formula is C13H16FNO4S. The average molecular weight is 301 g/mol. The summed E-state index contributed by atoms with van der Waals surface area (Å²) in [7, 11) is 1.48. The number of carbonyl (C=O) groups excluding carboxylic acids is 1. The number of nitrogens with one attached hydrogen (secondary N) is 1. The van der Waals surface area contributed by atoms with Crippen molar-refractivity contribution in [1.29, 1.82) is 0 Å². The van der Waals surface area contributed by atoms with Gasteiger partial charge >= 0.3 is 5.97 Å². The number of methoxy groups -OCH3 is 2. The van der Waals surface area contributed by atoms with Crippen LogP contribution in [0.1, 0.15) is 11.6 Å². The molecule has 2 rings (SSSR count). The van der Waals surface area contributed by atoms with Crippen molar-refractivity contribution in [2.45, 2.75) is 12.1 Å². The van der Waals surface area contributed by atoms with E-state index in [1.165, 1.54) is 26.4 Å². The van der Waals surface area contributed by atoms with Gasteiger partial charge in [-0.15, -0.1) is 0 Å². The van der Waals surface area contributed by atoms with Gasteiger partial charge in [0.25, 0.3) is 0 Å². The van der Waals surface area contributed by atoms with Gasteiger partial charge in [0.15, 0.2) is 0 Å². The summed E-state index contributed by atoms with van der Waals surface area (Å²) in [6.45, 7) is 0. The van der Waals surface area contributed by atoms with Crippen molar-refractivity contribution in [3.05, 3.63) is 29.6 Å². The number of carbonyl (C=O) groups is 1. The van der Waals surface area contributed by atoms with E-state index in [0.29, 0.717) is 5.75 Å². The second-order valence-electron chi connectivity index (χ2n) is 4.42. The SMILES string of the molecule is COC(=O)C1CS(=O)CC(c2c(F)cccc2OC)N1. The first-order valence-corrected chi connectivity index (χ1v) is 7.57. The lowest BCUT2D eigenvalue weighted by Crippen LogP contribution is -2.50. The number of hydrogen-bond acceptors (Lipinski definition) is 5. The average Bonchev–Trinajstić information content (AvgIpc) is 2.45. The molecule has 7 heteroatoms. The number of benzene rings is 1. The van der Waals surface area contributed by atoms with Crippen LogP contribution in [0.2, 0.25) is 0 Å². The Morgan fingerprint density at radius 1 is 1.40 bits per heavy atom. The molecular weight excluding hydrogens is 285 g/mol. The Bertz CT molecular complexity index is 537. The molecule has 0 amide bonds. The van der Waals surface area contributed by atoms with Crippen LogP contribution in [-0.4, -0.2) is 41.9 Å². The van der Waals surface area contributed by atoms with Gasteiger partial charge in [0.2, 0.25) is 0 Å². The minimum Gasteiger partial charge on any atom is -0.496 e. The molecule has 1 aromatic carbocycles. The Morgan fingerprint density at radius 3 is 2.80 bits per heavy atom. The zero-order valence-corrected chi connectivity index (χ0v) is 12.0. The van der Waals surface area contributed by atoms with Gasteiger partial charge in [-0.3, -0.25) is 14.3 Å². The second kappa shape index (κ2) is 6.32. The largest absolute Gasteiger partial charge is 0.496 e. The van der Waals surface area contributed by atoms with Gasteiger partial charge in [-0.2, -0.15) is 0 Å². The van der Waals surface area contributed by atoms with E-state index in [1.807, 2.05) is 0 Å². The third-order valence-corrected chi connectivity index (χ3v) is 4.58. The molecule has 0 spiro atoms. The monoisotopic (exact) mass is 301 g/mol. The molecule has 0 aromatic heterocycles. The van der Waals surface area contributed by atoms with Crippen molar-refractivity contribution in [2.24, 2.45) is 0 Å². The standard InChI is InChI=1S/C13H16FNO4S/c1-18-11-5-3-4-8(14)12(11)9-6-20(17)7-10(15-9)13(16)19-2/h3-5,9-10,15H,6-7H2,1-2H3. The Labute approximate surface area is 118 Å². The van der Waals surface area contributed by atoms with Gasteiger partial charge in [-0.25, -0.2) is 4.39 Å². The van der Waals surface area contributed by atoms with E-state index < -0.39 is 34.7 Å². The normalized spacial score (nSPS) is 26.1. The molecule has 1 fully saturated rings. The molecule has 20 heavy (non-hydrogen) atoms. The molecule has 1 heterocycles. The molecule has 1 N–H and O–H groups in total. The Kier molecular flexibility index (Phi) is 4.72. The lowest BCUT2D eigenvalue weighted by molar-refractivity contribution is -0.142. The third kappa shape index (κ3) is 2.99. The fourth-order valence-electron chi connectivity index (χ4n) is 2.26. The highest BCUT2D eigenvalue weighted by atomic mass is 32.2. The third-order valence-electron chi connectivity index (χ3n) is 3.17. The van der Waals surface area contributed by atoms with E-state index in [1.54, 1.807) is 6.07 Å². The summed E-state index contributed by atoms with van der Waals surface area (Å²) in [4.78, 5) is 11.6. The maximum atomic E-state index is 14.0. The fraction of sp³-hybridized carbons (Fsp3) is 0.462. The minimum absolute atomic E-state index is 0.167. The number of esters is 1. The van der Waals surface area contributed by atoms with E-state index >= 15 is 0 Å². The molecule has 1 saturated heterocycles. The Morgan fingerprint density at radius 2 is 2.15 bits per heavy atom. The fourth-order valence-corrected chi connectivity index (χ4v) is 3.63. The molecule has 0 aliphatic carbocycles. The van der Waals surface area contributed by atoms with Crippen LogP contribution < -0.4 is 10.1 Å². The maximum absolute atomic E-state index is 14.0. The molecule has 0 radical (unpaired) electrons. The van der Waals surface area contributed by atoms with Crippen molar-refractivity contribution >= 4 is 16.8 Å². The van der Waals surface area contributed by atoms with Crippen LogP contribution in [0.4, 0.5) is 4.39 Å². The molecule has 110 valence electrons. The predicted octanol–water partition coefficient (Wildman–Crippen LogP) is 0.769. The lowest BCUT2D eigenvalue weighted by Gasteiger charge is -2.30. The van der Waals surface area contributed by atoms with Gasteiger partial charge in [-0.05, 0) is 12.1 Å². The van der Waals surface area contributed by atoms with Gasteiger partial charge in [0.05, 0.1) is 20.3 Å². The van der Waals surface area contributed by atoms with Crippen LogP contribution in [0.3, 0.4) is 0 Å². The number of hydrogen-bond donors (Lipinski definition) is 1. The Hall–Kier alpha value is -1.47. The van der Waals surface area contributed by atoms with Gasteiger partial charge in [-0.1, -0.05) is 6.07 Å². The summed E-state index contributed by atoms with van der Waals surface area (Å²) in [5.41, 5.74) is 0.289. The predicted molar refractivity (Wildman–Crippen MR) is 72.5 cm³/mol. The summed E-state index contributed by atoms with van der Waals surface area (Å²) in [5, 5.41) is 2.98. The molecule has 3 atom stereocenters. The summed E-state index contributed by atoms with van der Waals surface area (Å²) in [5.74, 6) is -0.196. The summed E-state index contributed by atoms with van der Waals surface area (Å²) in [6.07, 6.45) is 0. The smallest absolute Gasteiger partial charge is 0.323 e. The summed E-state index contributed by atoms with van der Waals surface area (Å²) < 4.78 is 35.7. The summed E-state index contributed by atoms with van der Waals surface area (Å²) in [6, 6.07) is 3.22. The van der Waals surface area contributed by atoms with Crippen LogP contribution in [0.5, 0.6) is 5.75 Å². The van der Waals surface area contributed by atoms with E-state index in [9.17, 15) is 13.4 Å². The number of rotatable bonds is 3. The van der Waals surface area contributed by atoms with Crippen LogP contribution >= 0.6 is 0 Å². The van der Waals surface area contributed by atoms with Crippen molar-refractivity contribution in [3.8, 4) is 5.75 Å². The molecule has 5 nitrogen and oxygen atoms in total. The number of halogens is 1. The molecule has 1 aliphatic heterocycles. The zero-order valence-electron chi connectivity index (χ0n) is 11.2. The molecule has 1 aromatic rings. The Balaban J connectivity index is 2.32. The summed E-state index contributed by atoms with van der Waals surface area (Å²) >= 11 is 0. The number of ether oxygens (including phenoxy) is 2. The minimum atomic E-state index is -1.23. The van der Waals surface area contributed by atoms with Crippen LogP contribution in [0, 0.1) is 5.82 Å². The van der Waals surface area contributed by atoms with Crippen LogP contribution in [-0.2, 0) is 20.3 Å². The van der Waals surface area contributed by atoms with Crippen molar-refractivity contribution in [2.75, 3.05) is 25.7 Å². The maximum Gasteiger partial charge on any atom is 0.323 e.